The van der Waals surface area contributed by atoms with E-state index in [1.165, 1.54) is 0 Å². The molecule has 1 aromatic rings. The molecule has 0 spiro atoms. The molecule has 2 N–H and O–H groups in total. The number of halogens is 1. The Balaban J connectivity index is 2.38. The number of aliphatic hydroxyl groups is 1. The lowest BCUT2D eigenvalue weighted by atomic mass is 10.3. The van der Waals surface area contributed by atoms with Gasteiger partial charge in [-0.05, 0) is 28.4 Å². The number of carboxylic acid groups (broad SMARTS) is 1. The fourth-order valence-electron chi connectivity index (χ4n) is 1.70. The van der Waals surface area contributed by atoms with E-state index < -0.39 is 22.1 Å². The van der Waals surface area contributed by atoms with E-state index in [2.05, 4.69) is 15.9 Å². The lowest BCUT2D eigenvalue weighted by Crippen LogP contribution is -2.29. The van der Waals surface area contributed by atoms with Gasteiger partial charge >= 0.3 is 5.97 Å². The number of rotatable bonds is 3. The molecule has 0 unspecified atom stereocenters. The number of β-amino-alcohol motifs (C(OH)–C–C–N with tert-alkyl or cyclic N) is 1. The SMILES string of the molecule is O=C(O)c1cc(S(=O)(=O)N2CC[C@H](O)C2)c(Br)s1. The van der Waals surface area contributed by atoms with Crippen molar-refractivity contribution in [2.24, 2.45) is 0 Å². The summed E-state index contributed by atoms with van der Waals surface area (Å²) < 4.78 is 25.9. The van der Waals surface area contributed by atoms with Crippen LogP contribution in [0.2, 0.25) is 0 Å². The quantitative estimate of drug-likeness (QED) is 0.841. The summed E-state index contributed by atoms with van der Waals surface area (Å²) in [4.78, 5) is 10.7. The van der Waals surface area contributed by atoms with Crippen LogP contribution in [-0.2, 0) is 10.0 Å². The molecule has 0 bridgehead atoms. The van der Waals surface area contributed by atoms with Gasteiger partial charge in [0.15, 0.2) is 0 Å². The molecule has 1 aromatic heterocycles. The Bertz CT molecular complexity index is 582. The molecule has 100 valence electrons. The van der Waals surface area contributed by atoms with E-state index in [1.807, 2.05) is 0 Å². The number of aliphatic hydroxyl groups excluding tert-OH is 1. The van der Waals surface area contributed by atoms with Gasteiger partial charge in [-0.3, -0.25) is 0 Å². The Morgan fingerprint density at radius 1 is 1.56 bits per heavy atom. The smallest absolute Gasteiger partial charge is 0.345 e. The lowest BCUT2D eigenvalue weighted by molar-refractivity contribution is 0.0702. The Morgan fingerprint density at radius 3 is 2.67 bits per heavy atom. The van der Waals surface area contributed by atoms with Crippen molar-refractivity contribution >= 4 is 43.3 Å². The van der Waals surface area contributed by atoms with Gasteiger partial charge in [0.25, 0.3) is 0 Å². The number of aromatic carboxylic acids is 1. The molecule has 0 aromatic carbocycles. The average molecular weight is 356 g/mol. The number of hydrogen-bond donors (Lipinski definition) is 2. The van der Waals surface area contributed by atoms with Crippen LogP contribution in [0.25, 0.3) is 0 Å². The summed E-state index contributed by atoms with van der Waals surface area (Å²) in [7, 11) is -3.74. The summed E-state index contributed by atoms with van der Waals surface area (Å²) in [5, 5.41) is 18.2. The number of carboxylic acids is 1. The second kappa shape index (κ2) is 4.89. The zero-order valence-electron chi connectivity index (χ0n) is 9.04. The largest absolute Gasteiger partial charge is 0.477 e. The van der Waals surface area contributed by atoms with Gasteiger partial charge < -0.3 is 10.2 Å². The third kappa shape index (κ3) is 2.45. The van der Waals surface area contributed by atoms with Crippen LogP contribution in [0.4, 0.5) is 0 Å². The van der Waals surface area contributed by atoms with Gasteiger partial charge in [-0.1, -0.05) is 0 Å². The minimum atomic E-state index is -3.74. The highest BCUT2D eigenvalue weighted by Crippen LogP contribution is 2.34. The summed E-state index contributed by atoms with van der Waals surface area (Å²) >= 11 is 3.93. The molecule has 18 heavy (non-hydrogen) atoms. The van der Waals surface area contributed by atoms with Gasteiger partial charge in [0.05, 0.1) is 9.89 Å². The van der Waals surface area contributed by atoms with Crippen molar-refractivity contribution in [2.45, 2.75) is 17.4 Å². The van der Waals surface area contributed by atoms with Crippen LogP contribution in [0.15, 0.2) is 14.7 Å². The molecule has 2 rings (SSSR count). The third-order valence-electron chi connectivity index (χ3n) is 2.61. The molecular weight excluding hydrogens is 346 g/mol. The molecule has 1 saturated heterocycles. The van der Waals surface area contributed by atoms with E-state index >= 15 is 0 Å². The fourth-order valence-corrected chi connectivity index (χ4v) is 5.55. The molecule has 0 aliphatic carbocycles. The summed E-state index contributed by atoms with van der Waals surface area (Å²) in [6.45, 7) is 0.293. The summed E-state index contributed by atoms with van der Waals surface area (Å²) in [6.07, 6.45) is -0.261. The van der Waals surface area contributed by atoms with E-state index in [1.54, 1.807) is 0 Å². The summed E-state index contributed by atoms with van der Waals surface area (Å²) in [5.41, 5.74) is 0. The Morgan fingerprint density at radius 2 is 2.22 bits per heavy atom. The molecule has 1 aliphatic rings. The first kappa shape index (κ1) is 13.9. The van der Waals surface area contributed by atoms with E-state index in [9.17, 15) is 18.3 Å². The van der Waals surface area contributed by atoms with Crippen LogP contribution in [-0.4, -0.2) is 48.1 Å². The number of sulfonamides is 1. The lowest BCUT2D eigenvalue weighted by Gasteiger charge is -2.14. The van der Waals surface area contributed by atoms with Crippen LogP contribution < -0.4 is 0 Å². The van der Waals surface area contributed by atoms with Crippen molar-refractivity contribution in [3.63, 3.8) is 0 Å². The molecule has 0 amide bonds. The Hall–Kier alpha value is -0.480. The van der Waals surface area contributed by atoms with E-state index in [4.69, 9.17) is 5.11 Å². The summed E-state index contributed by atoms with van der Waals surface area (Å²) in [5.74, 6) is -1.16. The van der Waals surface area contributed by atoms with Gasteiger partial charge in [0, 0.05) is 13.1 Å². The summed E-state index contributed by atoms with van der Waals surface area (Å²) in [6, 6.07) is 1.14. The minimum absolute atomic E-state index is 0.0415. The number of hydrogen-bond acceptors (Lipinski definition) is 5. The molecular formula is C9H10BrNO5S2. The van der Waals surface area contributed by atoms with E-state index in [-0.39, 0.29) is 26.6 Å². The van der Waals surface area contributed by atoms with Crippen molar-refractivity contribution in [3.05, 3.63) is 14.7 Å². The van der Waals surface area contributed by atoms with Gasteiger partial charge in [0.2, 0.25) is 10.0 Å². The topological polar surface area (TPSA) is 94.9 Å². The first-order valence-electron chi connectivity index (χ1n) is 5.03. The van der Waals surface area contributed by atoms with Crippen molar-refractivity contribution in [1.29, 1.82) is 0 Å². The molecule has 6 nitrogen and oxygen atoms in total. The fraction of sp³-hybridized carbons (Fsp3) is 0.444. The minimum Gasteiger partial charge on any atom is -0.477 e. The third-order valence-corrected chi connectivity index (χ3v) is 6.72. The molecule has 2 heterocycles. The van der Waals surface area contributed by atoms with Crippen LogP contribution >= 0.6 is 27.3 Å². The van der Waals surface area contributed by atoms with Crippen LogP contribution in [0.3, 0.4) is 0 Å². The predicted octanol–water partition coefficient (Wildman–Crippen LogP) is 0.964. The van der Waals surface area contributed by atoms with Crippen molar-refractivity contribution in [1.82, 2.24) is 4.31 Å². The Kier molecular flexibility index (Phi) is 3.79. The molecule has 0 saturated carbocycles. The van der Waals surface area contributed by atoms with Crippen LogP contribution in [0, 0.1) is 0 Å². The molecule has 0 radical (unpaired) electrons. The predicted molar refractivity (Wildman–Crippen MR) is 68.4 cm³/mol. The second-order valence-corrected chi connectivity index (χ2v) is 8.14. The molecule has 1 atom stereocenters. The highest BCUT2D eigenvalue weighted by molar-refractivity contribution is 9.11. The van der Waals surface area contributed by atoms with E-state index in [0.717, 1.165) is 21.7 Å². The number of nitrogens with zero attached hydrogens (tertiary/aromatic N) is 1. The van der Waals surface area contributed by atoms with Crippen LogP contribution in [0.5, 0.6) is 0 Å². The first-order chi connectivity index (χ1) is 8.32. The maximum absolute atomic E-state index is 12.2. The monoisotopic (exact) mass is 355 g/mol. The number of thiophene rings is 1. The maximum Gasteiger partial charge on any atom is 0.345 e. The van der Waals surface area contributed by atoms with Crippen molar-refractivity contribution in [3.8, 4) is 0 Å². The van der Waals surface area contributed by atoms with Gasteiger partial charge in [-0.25, -0.2) is 13.2 Å². The Labute approximate surface area is 116 Å². The highest BCUT2D eigenvalue weighted by atomic mass is 79.9. The van der Waals surface area contributed by atoms with Gasteiger partial charge in [0.1, 0.15) is 9.77 Å². The second-order valence-electron chi connectivity index (χ2n) is 3.86. The maximum atomic E-state index is 12.2. The molecule has 9 heteroatoms. The van der Waals surface area contributed by atoms with Crippen molar-refractivity contribution < 1.29 is 23.4 Å². The number of carbonyl (C=O) groups is 1. The average Bonchev–Trinajstić information content (AvgIpc) is 2.85. The van der Waals surface area contributed by atoms with Gasteiger partial charge in [-0.2, -0.15) is 4.31 Å². The molecule has 1 aliphatic heterocycles. The zero-order valence-corrected chi connectivity index (χ0v) is 12.3. The van der Waals surface area contributed by atoms with E-state index in [0.29, 0.717) is 6.42 Å². The van der Waals surface area contributed by atoms with Crippen molar-refractivity contribution in [2.75, 3.05) is 13.1 Å². The van der Waals surface area contributed by atoms with Crippen LogP contribution in [0.1, 0.15) is 16.1 Å². The zero-order chi connectivity index (χ0) is 13.5. The standard InChI is InChI=1S/C9H10BrNO5S2/c10-8-7(3-6(17-8)9(13)14)18(15,16)11-2-1-5(12)4-11/h3,5,12H,1-2,4H2,(H,13,14)/t5-/m0/s1. The molecule has 1 fully saturated rings. The van der Waals surface area contributed by atoms with Gasteiger partial charge in [-0.15, -0.1) is 11.3 Å². The first-order valence-corrected chi connectivity index (χ1v) is 8.08. The normalized spacial score (nSPS) is 21.3. The highest BCUT2D eigenvalue weighted by Gasteiger charge is 2.34.